The summed E-state index contributed by atoms with van der Waals surface area (Å²) in [6.07, 6.45) is 7.90. The van der Waals surface area contributed by atoms with Crippen LogP contribution in [0.1, 0.15) is 35.8 Å². The van der Waals surface area contributed by atoms with Gasteiger partial charge < -0.3 is 5.32 Å². The summed E-state index contributed by atoms with van der Waals surface area (Å²) >= 11 is 1.65. The zero-order chi connectivity index (χ0) is 20.7. The van der Waals surface area contributed by atoms with E-state index in [1.165, 1.54) is 29.0 Å². The molecule has 0 saturated carbocycles. The number of hydrogen-bond acceptors (Lipinski definition) is 5. The molecular weight excluding hydrogens is 401 g/mol. The molecule has 3 aromatic heterocycles. The fraction of sp³-hybridized carbons (Fsp3) is 0.318. The van der Waals surface area contributed by atoms with Crippen LogP contribution in [0.15, 0.2) is 41.5 Å². The Bertz CT molecular complexity index is 1270. The van der Waals surface area contributed by atoms with Gasteiger partial charge in [0.05, 0.1) is 23.8 Å². The zero-order valence-corrected chi connectivity index (χ0v) is 17.5. The van der Waals surface area contributed by atoms with Crippen LogP contribution in [-0.2, 0) is 25.9 Å². The van der Waals surface area contributed by atoms with Crippen LogP contribution in [0.2, 0.25) is 0 Å². The van der Waals surface area contributed by atoms with Crippen LogP contribution in [0.3, 0.4) is 0 Å². The first-order valence-corrected chi connectivity index (χ1v) is 11.0. The van der Waals surface area contributed by atoms with E-state index in [9.17, 15) is 9.18 Å². The Morgan fingerprint density at radius 1 is 1.20 bits per heavy atom. The van der Waals surface area contributed by atoms with Crippen LogP contribution in [0.25, 0.3) is 10.2 Å². The molecule has 0 spiro atoms. The van der Waals surface area contributed by atoms with Crippen LogP contribution < -0.4 is 10.9 Å². The molecule has 8 heteroatoms. The van der Waals surface area contributed by atoms with Gasteiger partial charge in [0, 0.05) is 17.6 Å². The maximum Gasteiger partial charge on any atom is 0.263 e. The van der Waals surface area contributed by atoms with E-state index < -0.39 is 0 Å². The fourth-order valence-electron chi connectivity index (χ4n) is 4.05. The first-order valence-electron chi connectivity index (χ1n) is 10.2. The smallest absolute Gasteiger partial charge is 0.263 e. The highest BCUT2D eigenvalue weighted by Crippen LogP contribution is 2.34. The number of thiophene rings is 1. The van der Waals surface area contributed by atoms with E-state index in [1.807, 2.05) is 13.1 Å². The van der Waals surface area contributed by atoms with Crippen LogP contribution in [0.5, 0.6) is 0 Å². The number of nitrogens with zero attached hydrogens (tertiary/aromatic N) is 4. The van der Waals surface area contributed by atoms with Gasteiger partial charge >= 0.3 is 0 Å². The molecule has 0 unspecified atom stereocenters. The largest absolute Gasteiger partial charge is 0.323 e. The Kier molecular flexibility index (Phi) is 4.86. The van der Waals surface area contributed by atoms with Crippen molar-refractivity contribution >= 4 is 33.2 Å². The normalized spacial score (nSPS) is 13.5. The predicted octanol–water partition coefficient (Wildman–Crippen LogP) is 4.48. The van der Waals surface area contributed by atoms with Gasteiger partial charge in [0.1, 0.15) is 10.6 Å². The number of hydrogen-bond donors (Lipinski definition) is 1. The first-order chi connectivity index (χ1) is 14.6. The molecule has 1 aliphatic carbocycles. The van der Waals surface area contributed by atoms with Gasteiger partial charge in [-0.25, -0.2) is 9.37 Å². The van der Waals surface area contributed by atoms with Gasteiger partial charge in [0.25, 0.3) is 5.56 Å². The number of benzene rings is 1. The third-order valence-corrected chi connectivity index (χ3v) is 6.72. The lowest BCUT2D eigenvalue weighted by Gasteiger charge is -2.12. The fourth-order valence-corrected chi connectivity index (χ4v) is 5.30. The van der Waals surface area contributed by atoms with Crippen molar-refractivity contribution in [2.24, 2.45) is 0 Å². The third kappa shape index (κ3) is 3.41. The summed E-state index contributed by atoms with van der Waals surface area (Å²) in [5, 5.41) is 8.44. The van der Waals surface area contributed by atoms with E-state index in [0.29, 0.717) is 19.0 Å². The van der Waals surface area contributed by atoms with Gasteiger partial charge in [-0.15, -0.1) is 11.3 Å². The number of aryl methyl sites for hydroxylation is 2. The number of anilines is 2. The Morgan fingerprint density at radius 2 is 2.00 bits per heavy atom. The van der Waals surface area contributed by atoms with Crippen molar-refractivity contribution in [1.29, 1.82) is 0 Å². The lowest BCUT2D eigenvalue weighted by Crippen LogP contribution is -2.23. The van der Waals surface area contributed by atoms with Crippen molar-refractivity contribution in [2.45, 2.75) is 45.7 Å². The molecule has 4 aromatic rings. The van der Waals surface area contributed by atoms with E-state index in [4.69, 9.17) is 4.98 Å². The summed E-state index contributed by atoms with van der Waals surface area (Å²) in [5.74, 6) is 0.283. The summed E-state index contributed by atoms with van der Waals surface area (Å²) in [6, 6.07) is 6.37. The molecule has 0 aliphatic heterocycles. The van der Waals surface area contributed by atoms with Crippen LogP contribution >= 0.6 is 11.3 Å². The van der Waals surface area contributed by atoms with Crippen molar-refractivity contribution in [3.05, 3.63) is 68.8 Å². The lowest BCUT2D eigenvalue weighted by atomic mass is 9.97. The van der Waals surface area contributed by atoms with Crippen molar-refractivity contribution in [1.82, 2.24) is 19.3 Å². The number of rotatable bonds is 5. The molecule has 1 aliphatic rings. The maximum absolute atomic E-state index is 13.2. The van der Waals surface area contributed by atoms with Gasteiger partial charge in [0.15, 0.2) is 0 Å². The molecule has 0 fully saturated rings. The Morgan fingerprint density at radius 3 is 2.80 bits per heavy atom. The summed E-state index contributed by atoms with van der Waals surface area (Å²) in [4.78, 5) is 20.1. The Balaban J connectivity index is 1.46. The molecule has 0 bridgehead atoms. The lowest BCUT2D eigenvalue weighted by molar-refractivity contribution is 0.624. The summed E-state index contributed by atoms with van der Waals surface area (Å²) in [7, 11) is 0. The molecule has 154 valence electrons. The summed E-state index contributed by atoms with van der Waals surface area (Å²) < 4.78 is 16.6. The molecular formula is C22H22FN5OS. The summed E-state index contributed by atoms with van der Waals surface area (Å²) in [5.41, 5.74) is 2.95. The van der Waals surface area contributed by atoms with E-state index in [0.717, 1.165) is 40.7 Å². The molecule has 0 atom stereocenters. The van der Waals surface area contributed by atoms with Crippen LogP contribution in [0.4, 0.5) is 16.0 Å². The molecule has 0 amide bonds. The topological polar surface area (TPSA) is 64.7 Å². The van der Waals surface area contributed by atoms with Gasteiger partial charge in [-0.2, -0.15) is 5.10 Å². The highest BCUT2D eigenvalue weighted by atomic mass is 32.1. The minimum Gasteiger partial charge on any atom is -0.323 e. The number of halogens is 1. The minimum absolute atomic E-state index is 0.0307. The van der Waals surface area contributed by atoms with Crippen LogP contribution in [0, 0.1) is 5.82 Å². The monoisotopic (exact) mass is 423 g/mol. The minimum atomic E-state index is -0.254. The Hall–Kier alpha value is -3.00. The molecule has 30 heavy (non-hydrogen) atoms. The van der Waals surface area contributed by atoms with Gasteiger partial charge in [-0.3, -0.25) is 14.0 Å². The number of fused-ring (bicyclic) bond motifs is 3. The second-order valence-corrected chi connectivity index (χ2v) is 8.64. The molecule has 0 radical (unpaired) electrons. The van der Waals surface area contributed by atoms with E-state index in [2.05, 4.69) is 10.4 Å². The van der Waals surface area contributed by atoms with Crippen molar-refractivity contribution in [2.75, 3.05) is 5.32 Å². The van der Waals surface area contributed by atoms with Crippen molar-refractivity contribution in [3.63, 3.8) is 0 Å². The predicted molar refractivity (Wildman–Crippen MR) is 117 cm³/mol. The molecule has 6 nitrogen and oxygen atoms in total. The average molecular weight is 424 g/mol. The first kappa shape index (κ1) is 19.0. The summed E-state index contributed by atoms with van der Waals surface area (Å²) in [6.45, 7) is 3.03. The van der Waals surface area contributed by atoms with Crippen molar-refractivity contribution < 1.29 is 4.39 Å². The highest BCUT2D eigenvalue weighted by molar-refractivity contribution is 7.18. The zero-order valence-electron chi connectivity index (χ0n) is 16.7. The number of aromatic nitrogens is 4. The van der Waals surface area contributed by atoms with E-state index in [-0.39, 0.29) is 11.4 Å². The van der Waals surface area contributed by atoms with E-state index in [1.54, 1.807) is 38.9 Å². The third-order valence-electron chi connectivity index (χ3n) is 5.54. The SMILES string of the molecule is CCn1c(Nc2cnn(Cc3ccc(F)cc3)c2)nc2sc3c(c2c1=O)CCCC3. The quantitative estimate of drug-likeness (QED) is 0.514. The average Bonchev–Trinajstić information content (AvgIpc) is 3.34. The molecule has 5 rings (SSSR count). The molecule has 1 aromatic carbocycles. The molecule has 1 N–H and O–H groups in total. The second kappa shape index (κ2) is 7.68. The maximum atomic E-state index is 13.2. The van der Waals surface area contributed by atoms with Gasteiger partial charge in [-0.1, -0.05) is 12.1 Å². The van der Waals surface area contributed by atoms with Gasteiger partial charge in [0.2, 0.25) is 5.95 Å². The number of nitrogens with one attached hydrogen (secondary N) is 1. The van der Waals surface area contributed by atoms with E-state index >= 15 is 0 Å². The molecule has 3 heterocycles. The molecule has 0 saturated heterocycles. The second-order valence-electron chi connectivity index (χ2n) is 7.55. The van der Waals surface area contributed by atoms with Crippen LogP contribution in [-0.4, -0.2) is 19.3 Å². The van der Waals surface area contributed by atoms with Crippen molar-refractivity contribution in [3.8, 4) is 0 Å². The standard InChI is InChI=1S/C22H22FN5OS/c1-2-28-21(29)19-17-5-3-4-6-18(17)30-20(19)26-22(28)25-16-11-24-27(13-16)12-14-7-9-15(23)10-8-14/h7-11,13H,2-6,12H2,1H3,(H,25,26). The Labute approximate surface area is 177 Å². The van der Waals surface area contributed by atoms with Gasteiger partial charge in [-0.05, 0) is 55.9 Å². The highest BCUT2D eigenvalue weighted by Gasteiger charge is 2.21.